The van der Waals surface area contributed by atoms with E-state index < -0.39 is 10.0 Å². The van der Waals surface area contributed by atoms with Crippen molar-refractivity contribution in [2.24, 2.45) is 11.3 Å². The summed E-state index contributed by atoms with van der Waals surface area (Å²) in [6, 6.07) is 7.31. The molecule has 1 atom stereocenters. The summed E-state index contributed by atoms with van der Waals surface area (Å²) in [7, 11) is -1.52. The normalized spacial score (nSPS) is 18.7. The van der Waals surface area contributed by atoms with Crippen LogP contribution in [0, 0.1) is 11.3 Å². The minimum Gasteiger partial charge on any atom is -0.313 e. The number of hydrogen-bond donors (Lipinski definition) is 2. The lowest BCUT2D eigenvalue weighted by Gasteiger charge is -2.20. The van der Waals surface area contributed by atoms with E-state index in [1.807, 2.05) is 26.1 Å². The van der Waals surface area contributed by atoms with Crippen LogP contribution in [0.1, 0.15) is 45.2 Å². The van der Waals surface area contributed by atoms with Gasteiger partial charge < -0.3 is 5.32 Å². The highest BCUT2D eigenvalue weighted by molar-refractivity contribution is 7.89. The maximum absolute atomic E-state index is 12.4. The van der Waals surface area contributed by atoms with Crippen LogP contribution in [0.3, 0.4) is 0 Å². The summed E-state index contributed by atoms with van der Waals surface area (Å²) in [6.07, 6.45) is 2.23. The average molecular weight is 310 g/mol. The number of benzene rings is 1. The van der Waals surface area contributed by atoms with Gasteiger partial charge in [-0.05, 0) is 55.8 Å². The number of nitrogens with one attached hydrogen (secondary N) is 2. The highest BCUT2D eigenvalue weighted by atomic mass is 32.2. The van der Waals surface area contributed by atoms with Gasteiger partial charge in [0.1, 0.15) is 0 Å². The minimum absolute atomic E-state index is 0.174. The molecule has 0 saturated heterocycles. The lowest BCUT2D eigenvalue weighted by atomic mass is 9.93. The van der Waals surface area contributed by atoms with Gasteiger partial charge in [-0.1, -0.05) is 26.0 Å². The maximum Gasteiger partial charge on any atom is 0.240 e. The maximum atomic E-state index is 12.4. The smallest absolute Gasteiger partial charge is 0.240 e. The Morgan fingerprint density at radius 1 is 1.14 bits per heavy atom. The second-order valence-corrected chi connectivity index (χ2v) is 8.19. The fourth-order valence-corrected chi connectivity index (χ4v) is 3.68. The van der Waals surface area contributed by atoms with Crippen molar-refractivity contribution in [2.75, 3.05) is 13.6 Å². The van der Waals surface area contributed by atoms with Gasteiger partial charge in [0.05, 0.1) is 4.90 Å². The SMILES string of the molecule is CNC(C)c1ccc(S(=O)(=O)NCC2(C(C)C)CC2)cc1. The molecule has 1 aromatic rings. The zero-order chi connectivity index (χ0) is 15.7. The van der Waals surface area contributed by atoms with Crippen molar-refractivity contribution in [3.63, 3.8) is 0 Å². The fourth-order valence-electron chi connectivity index (χ4n) is 2.54. The Morgan fingerprint density at radius 2 is 1.71 bits per heavy atom. The van der Waals surface area contributed by atoms with Gasteiger partial charge in [0, 0.05) is 12.6 Å². The van der Waals surface area contributed by atoms with Crippen molar-refractivity contribution in [3.8, 4) is 0 Å². The van der Waals surface area contributed by atoms with Crippen molar-refractivity contribution in [1.82, 2.24) is 10.0 Å². The van der Waals surface area contributed by atoms with E-state index in [9.17, 15) is 8.42 Å². The predicted octanol–water partition coefficient (Wildman–Crippen LogP) is 2.68. The summed E-state index contributed by atoms with van der Waals surface area (Å²) in [5.74, 6) is 0.513. The second-order valence-electron chi connectivity index (χ2n) is 6.42. The molecule has 21 heavy (non-hydrogen) atoms. The molecule has 2 rings (SSSR count). The van der Waals surface area contributed by atoms with Gasteiger partial charge in [-0.2, -0.15) is 0 Å². The molecule has 0 heterocycles. The van der Waals surface area contributed by atoms with E-state index in [-0.39, 0.29) is 11.5 Å². The molecule has 2 N–H and O–H groups in total. The summed E-state index contributed by atoms with van der Waals surface area (Å²) in [6.45, 7) is 6.91. The molecule has 0 radical (unpaired) electrons. The van der Waals surface area contributed by atoms with Crippen LogP contribution in [-0.4, -0.2) is 22.0 Å². The average Bonchev–Trinajstić information content (AvgIpc) is 3.26. The molecule has 0 aromatic heterocycles. The lowest BCUT2D eigenvalue weighted by Crippen LogP contribution is -2.32. The van der Waals surface area contributed by atoms with E-state index in [0.717, 1.165) is 18.4 Å². The van der Waals surface area contributed by atoms with Gasteiger partial charge in [0.15, 0.2) is 0 Å². The van der Waals surface area contributed by atoms with E-state index >= 15 is 0 Å². The number of hydrogen-bond acceptors (Lipinski definition) is 3. The molecule has 0 spiro atoms. The third-order valence-corrected chi connectivity index (χ3v) is 6.27. The standard InChI is InChI=1S/C16H26N2O2S/c1-12(2)16(9-10-16)11-18-21(19,20)15-7-5-14(6-8-15)13(3)17-4/h5-8,12-13,17-18H,9-11H2,1-4H3. The van der Waals surface area contributed by atoms with Crippen molar-refractivity contribution in [3.05, 3.63) is 29.8 Å². The third-order valence-electron chi connectivity index (χ3n) is 4.85. The van der Waals surface area contributed by atoms with E-state index in [1.165, 1.54) is 0 Å². The van der Waals surface area contributed by atoms with Crippen molar-refractivity contribution in [1.29, 1.82) is 0 Å². The Balaban J connectivity index is 2.06. The van der Waals surface area contributed by atoms with Gasteiger partial charge in [-0.15, -0.1) is 0 Å². The lowest BCUT2D eigenvalue weighted by molar-refractivity contribution is 0.357. The van der Waals surface area contributed by atoms with E-state index in [4.69, 9.17) is 0 Å². The summed E-state index contributed by atoms with van der Waals surface area (Å²) in [5.41, 5.74) is 1.26. The molecule has 1 saturated carbocycles. The molecular formula is C16H26N2O2S. The van der Waals surface area contributed by atoms with E-state index in [2.05, 4.69) is 23.9 Å². The first-order chi connectivity index (χ1) is 9.81. The zero-order valence-corrected chi connectivity index (χ0v) is 14.1. The Bertz CT molecular complexity index is 575. The number of rotatable bonds is 7. The summed E-state index contributed by atoms with van der Waals surface area (Å²) in [4.78, 5) is 0.342. The second kappa shape index (κ2) is 6.07. The van der Waals surface area contributed by atoms with Crippen LogP contribution in [0.5, 0.6) is 0 Å². The largest absolute Gasteiger partial charge is 0.313 e. The molecule has 5 heteroatoms. The van der Waals surface area contributed by atoms with Crippen molar-refractivity contribution >= 4 is 10.0 Å². The molecule has 1 aliphatic carbocycles. The molecule has 1 aliphatic rings. The van der Waals surface area contributed by atoms with Gasteiger partial charge in [-0.25, -0.2) is 13.1 Å². The molecule has 4 nitrogen and oxygen atoms in total. The molecule has 0 aliphatic heterocycles. The van der Waals surface area contributed by atoms with Gasteiger partial charge in [0.2, 0.25) is 10.0 Å². The minimum atomic E-state index is -3.41. The van der Waals surface area contributed by atoms with E-state index in [1.54, 1.807) is 12.1 Å². The quantitative estimate of drug-likeness (QED) is 0.814. The Morgan fingerprint density at radius 3 is 2.14 bits per heavy atom. The molecule has 1 aromatic carbocycles. The van der Waals surface area contributed by atoms with E-state index in [0.29, 0.717) is 17.4 Å². The molecular weight excluding hydrogens is 284 g/mol. The summed E-state index contributed by atoms with van der Waals surface area (Å²) >= 11 is 0. The Labute approximate surface area is 128 Å². The predicted molar refractivity (Wildman–Crippen MR) is 85.6 cm³/mol. The van der Waals surface area contributed by atoms with Gasteiger partial charge in [0.25, 0.3) is 0 Å². The monoisotopic (exact) mass is 310 g/mol. The van der Waals surface area contributed by atoms with Crippen LogP contribution in [-0.2, 0) is 10.0 Å². The van der Waals surface area contributed by atoms with Crippen LogP contribution < -0.4 is 10.0 Å². The van der Waals surface area contributed by atoms with Crippen molar-refractivity contribution < 1.29 is 8.42 Å². The van der Waals surface area contributed by atoms with Crippen LogP contribution in [0.4, 0.5) is 0 Å². The summed E-state index contributed by atoms with van der Waals surface area (Å²) in [5, 5.41) is 3.14. The van der Waals surface area contributed by atoms with Crippen LogP contribution in [0.15, 0.2) is 29.2 Å². The Hall–Kier alpha value is -0.910. The van der Waals surface area contributed by atoms with Gasteiger partial charge in [-0.3, -0.25) is 0 Å². The van der Waals surface area contributed by atoms with Crippen LogP contribution >= 0.6 is 0 Å². The highest BCUT2D eigenvalue weighted by Crippen LogP contribution is 2.51. The molecule has 0 amide bonds. The summed E-state index contributed by atoms with van der Waals surface area (Å²) < 4.78 is 27.5. The first-order valence-corrected chi connectivity index (χ1v) is 9.06. The zero-order valence-electron chi connectivity index (χ0n) is 13.3. The molecule has 1 fully saturated rings. The highest BCUT2D eigenvalue weighted by Gasteiger charge is 2.45. The topological polar surface area (TPSA) is 58.2 Å². The van der Waals surface area contributed by atoms with Gasteiger partial charge >= 0.3 is 0 Å². The number of sulfonamides is 1. The third kappa shape index (κ3) is 3.65. The van der Waals surface area contributed by atoms with Crippen LogP contribution in [0.2, 0.25) is 0 Å². The molecule has 0 bridgehead atoms. The first kappa shape index (κ1) is 16.5. The molecule has 118 valence electrons. The fraction of sp³-hybridized carbons (Fsp3) is 0.625. The first-order valence-electron chi connectivity index (χ1n) is 7.58. The van der Waals surface area contributed by atoms with Crippen LogP contribution in [0.25, 0.3) is 0 Å². The Kier molecular flexibility index (Phi) is 4.76. The van der Waals surface area contributed by atoms with Crippen molar-refractivity contribution in [2.45, 2.75) is 44.6 Å². The molecule has 1 unspecified atom stereocenters.